The van der Waals surface area contributed by atoms with Gasteiger partial charge in [-0.25, -0.2) is 0 Å². The van der Waals surface area contributed by atoms with E-state index in [0.717, 1.165) is 55.8 Å². The summed E-state index contributed by atoms with van der Waals surface area (Å²) >= 11 is 0. The van der Waals surface area contributed by atoms with Crippen LogP contribution in [0.3, 0.4) is 0 Å². The SMILES string of the molecule is C=C1c2ccccc2C(=O)N1CCCOC(C)C.CC(=O)NCCCOC(C)C.CC(C)OCCCN. The van der Waals surface area contributed by atoms with Crippen molar-refractivity contribution in [3.8, 4) is 0 Å². The number of fused-ring (bicyclic) bond motifs is 1. The maximum Gasteiger partial charge on any atom is 0.258 e. The number of rotatable bonds is 14. The summed E-state index contributed by atoms with van der Waals surface area (Å²) in [6, 6.07) is 7.62. The van der Waals surface area contributed by atoms with Gasteiger partial charge in [0.1, 0.15) is 0 Å². The van der Waals surface area contributed by atoms with E-state index >= 15 is 0 Å². The Balaban J connectivity index is 0.000000585. The van der Waals surface area contributed by atoms with E-state index in [0.29, 0.717) is 25.8 Å². The van der Waals surface area contributed by atoms with Gasteiger partial charge in [-0.3, -0.25) is 9.59 Å². The van der Waals surface area contributed by atoms with Gasteiger partial charge in [0.15, 0.2) is 0 Å². The lowest BCUT2D eigenvalue weighted by atomic mass is 10.1. The van der Waals surface area contributed by atoms with E-state index in [1.54, 1.807) is 4.90 Å². The van der Waals surface area contributed by atoms with Crippen molar-refractivity contribution in [1.82, 2.24) is 10.2 Å². The molecule has 0 radical (unpaired) electrons. The maximum absolute atomic E-state index is 12.2. The monoisotopic (exact) mass is 521 g/mol. The Kier molecular flexibility index (Phi) is 19.5. The van der Waals surface area contributed by atoms with Crippen LogP contribution in [-0.2, 0) is 19.0 Å². The van der Waals surface area contributed by atoms with Gasteiger partial charge in [-0.05, 0) is 73.4 Å². The first-order chi connectivity index (χ1) is 17.5. The number of nitrogens with two attached hydrogens (primary N) is 1. The van der Waals surface area contributed by atoms with Crippen LogP contribution >= 0.6 is 0 Å². The second kappa shape index (κ2) is 20.8. The van der Waals surface area contributed by atoms with Crippen LogP contribution in [-0.4, -0.2) is 74.5 Å². The summed E-state index contributed by atoms with van der Waals surface area (Å²) in [6.45, 7) is 21.9. The summed E-state index contributed by atoms with van der Waals surface area (Å²) in [5.74, 6) is 0.0784. The molecule has 0 aromatic heterocycles. The predicted octanol–water partition coefficient (Wildman–Crippen LogP) is 4.63. The highest BCUT2D eigenvalue weighted by Crippen LogP contribution is 2.30. The predicted molar refractivity (Wildman–Crippen MR) is 151 cm³/mol. The van der Waals surface area contributed by atoms with Crippen molar-refractivity contribution in [2.45, 2.75) is 86.0 Å². The van der Waals surface area contributed by atoms with Gasteiger partial charge in [-0.15, -0.1) is 0 Å². The Bertz CT molecular complexity index is 746. The lowest BCUT2D eigenvalue weighted by molar-refractivity contribution is -0.119. The van der Waals surface area contributed by atoms with Crippen molar-refractivity contribution in [2.24, 2.45) is 5.73 Å². The van der Waals surface area contributed by atoms with Crippen molar-refractivity contribution >= 4 is 17.5 Å². The van der Waals surface area contributed by atoms with Gasteiger partial charge in [-0.1, -0.05) is 24.8 Å². The molecule has 0 unspecified atom stereocenters. The van der Waals surface area contributed by atoms with Gasteiger partial charge in [0.2, 0.25) is 5.91 Å². The Morgan fingerprint density at radius 1 is 0.892 bits per heavy atom. The molecule has 0 fully saturated rings. The Morgan fingerprint density at radius 2 is 1.38 bits per heavy atom. The highest BCUT2D eigenvalue weighted by atomic mass is 16.5. The number of nitrogens with zero attached hydrogens (tertiary/aromatic N) is 1. The van der Waals surface area contributed by atoms with E-state index in [1.807, 2.05) is 65.8 Å². The summed E-state index contributed by atoms with van der Waals surface area (Å²) in [7, 11) is 0. The van der Waals surface area contributed by atoms with Crippen LogP contribution < -0.4 is 11.1 Å². The standard InChI is InChI=1S/C15H19NO2.C8H17NO2.C6H15NO/c1-11(2)18-10-6-9-16-12(3)13-7-4-5-8-14(13)15(16)17;1-7(2)11-6-4-5-9-8(3)10;1-6(2)8-5-3-4-7/h4-5,7-8,11H,3,6,9-10H2,1-2H3;7H,4-6H2,1-3H3,(H,9,10);6H,3-5,7H2,1-2H3. The molecule has 0 spiro atoms. The van der Waals surface area contributed by atoms with Crippen LogP contribution in [0.2, 0.25) is 0 Å². The van der Waals surface area contributed by atoms with Crippen LogP contribution in [0.5, 0.6) is 0 Å². The quantitative estimate of drug-likeness (QED) is 0.346. The number of benzene rings is 1. The second-order valence-electron chi connectivity index (χ2n) is 9.54. The minimum Gasteiger partial charge on any atom is -0.379 e. The molecular formula is C29H51N3O5. The van der Waals surface area contributed by atoms with Gasteiger partial charge in [0, 0.05) is 56.7 Å². The molecule has 1 aliphatic rings. The normalized spacial score (nSPS) is 12.4. The van der Waals surface area contributed by atoms with Gasteiger partial charge in [0.25, 0.3) is 5.91 Å². The Morgan fingerprint density at radius 3 is 1.84 bits per heavy atom. The third-order valence-electron chi connectivity index (χ3n) is 4.96. The fourth-order valence-electron chi connectivity index (χ4n) is 3.17. The van der Waals surface area contributed by atoms with Crippen molar-refractivity contribution in [2.75, 3.05) is 39.5 Å². The number of hydrogen-bond acceptors (Lipinski definition) is 6. The van der Waals surface area contributed by atoms with Crippen LogP contribution in [0, 0.1) is 0 Å². The number of nitrogens with one attached hydrogen (secondary N) is 1. The molecule has 1 aliphatic heterocycles. The lowest BCUT2D eigenvalue weighted by Crippen LogP contribution is -2.25. The van der Waals surface area contributed by atoms with E-state index in [9.17, 15) is 9.59 Å². The first-order valence-electron chi connectivity index (χ1n) is 13.4. The molecule has 8 heteroatoms. The lowest BCUT2D eigenvalue weighted by Gasteiger charge is -2.17. The first kappa shape index (κ1) is 34.7. The number of hydrogen-bond donors (Lipinski definition) is 2. The number of carbonyl (C=O) groups excluding carboxylic acids is 2. The zero-order valence-electron chi connectivity index (χ0n) is 24.2. The molecule has 1 aromatic rings. The van der Waals surface area contributed by atoms with Gasteiger partial charge in [-0.2, -0.15) is 0 Å². The van der Waals surface area contributed by atoms with E-state index in [-0.39, 0.29) is 24.0 Å². The largest absolute Gasteiger partial charge is 0.379 e. The smallest absolute Gasteiger partial charge is 0.258 e. The first-order valence-corrected chi connectivity index (χ1v) is 13.4. The van der Waals surface area contributed by atoms with Crippen molar-refractivity contribution in [3.63, 3.8) is 0 Å². The highest BCUT2D eigenvalue weighted by molar-refractivity contribution is 6.08. The average molecular weight is 522 g/mol. The molecule has 0 bridgehead atoms. The van der Waals surface area contributed by atoms with E-state index in [4.69, 9.17) is 19.9 Å². The van der Waals surface area contributed by atoms with Gasteiger partial charge < -0.3 is 30.2 Å². The molecule has 37 heavy (non-hydrogen) atoms. The molecule has 2 amide bonds. The fraction of sp³-hybridized carbons (Fsp3) is 0.655. The molecule has 0 saturated heterocycles. The minimum atomic E-state index is 0.0227. The van der Waals surface area contributed by atoms with Crippen LogP contribution in [0.4, 0.5) is 0 Å². The molecule has 3 N–H and O–H groups in total. The van der Waals surface area contributed by atoms with Crippen molar-refractivity contribution in [3.05, 3.63) is 42.0 Å². The molecule has 0 aliphatic carbocycles. The van der Waals surface area contributed by atoms with Crippen molar-refractivity contribution < 1.29 is 23.8 Å². The van der Waals surface area contributed by atoms with Crippen LogP contribution in [0.1, 0.15) is 83.7 Å². The minimum absolute atomic E-state index is 0.0227. The van der Waals surface area contributed by atoms with Crippen LogP contribution in [0.25, 0.3) is 5.70 Å². The molecular weight excluding hydrogens is 470 g/mol. The zero-order chi connectivity index (χ0) is 28.2. The van der Waals surface area contributed by atoms with Crippen molar-refractivity contribution in [1.29, 1.82) is 0 Å². The van der Waals surface area contributed by atoms with E-state index in [1.165, 1.54) is 6.92 Å². The number of carbonyl (C=O) groups is 2. The van der Waals surface area contributed by atoms with E-state index < -0.39 is 0 Å². The third kappa shape index (κ3) is 17.0. The Hall–Kier alpha value is -2.26. The molecule has 2 rings (SSSR count). The maximum atomic E-state index is 12.2. The molecule has 8 nitrogen and oxygen atoms in total. The highest BCUT2D eigenvalue weighted by Gasteiger charge is 2.29. The molecule has 0 saturated carbocycles. The third-order valence-corrected chi connectivity index (χ3v) is 4.96. The van der Waals surface area contributed by atoms with Crippen LogP contribution in [0.15, 0.2) is 30.8 Å². The summed E-state index contributed by atoms with van der Waals surface area (Å²) in [5.41, 5.74) is 7.75. The fourth-order valence-corrected chi connectivity index (χ4v) is 3.17. The van der Waals surface area contributed by atoms with E-state index in [2.05, 4.69) is 11.9 Å². The molecule has 1 aromatic carbocycles. The average Bonchev–Trinajstić information content (AvgIpc) is 3.07. The molecule has 0 atom stereocenters. The molecule has 212 valence electrons. The topological polar surface area (TPSA) is 103 Å². The number of amides is 2. The zero-order valence-corrected chi connectivity index (χ0v) is 24.2. The summed E-state index contributed by atoms with van der Waals surface area (Å²) in [4.78, 5) is 24.3. The summed E-state index contributed by atoms with van der Waals surface area (Å²) in [6.07, 6.45) is 3.56. The number of ether oxygens (including phenoxy) is 3. The summed E-state index contributed by atoms with van der Waals surface area (Å²) in [5, 5.41) is 2.70. The Labute approximate surface area is 224 Å². The molecule has 1 heterocycles. The summed E-state index contributed by atoms with van der Waals surface area (Å²) < 4.78 is 16.0. The van der Waals surface area contributed by atoms with Gasteiger partial charge >= 0.3 is 0 Å². The van der Waals surface area contributed by atoms with Gasteiger partial charge in [0.05, 0.1) is 18.3 Å². The second-order valence-corrected chi connectivity index (χ2v) is 9.54.